The second kappa shape index (κ2) is 23.9. The van der Waals surface area contributed by atoms with Gasteiger partial charge in [0.05, 0.1) is 22.0 Å². The zero-order valence-corrected chi connectivity index (χ0v) is 35.7. The molecule has 0 aliphatic rings. The number of carbonyl (C=O) groups excluding carboxylic acids is 3. The molecular formula is C44H37F6N9O10. The normalized spacial score (nSPS) is 10.5. The maximum atomic E-state index is 13.6. The maximum Gasteiger partial charge on any atom is 0.458 e. The molecule has 8 N–H and O–H groups in total. The predicted molar refractivity (Wildman–Crippen MR) is 238 cm³/mol. The molecular weight excluding hydrogens is 929 g/mol. The van der Waals surface area contributed by atoms with Crippen molar-refractivity contribution < 1.29 is 65.5 Å². The van der Waals surface area contributed by atoms with Gasteiger partial charge in [-0.15, -0.1) is 0 Å². The number of imidazole rings is 1. The Kier molecular flexibility index (Phi) is 18.8. The quantitative estimate of drug-likeness (QED) is 0.0209. The van der Waals surface area contributed by atoms with Crippen molar-refractivity contribution >= 4 is 40.6 Å². The van der Waals surface area contributed by atoms with Crippen LogP contribution in [-0.4, -0.2) is 73.4 Å². The topological polar surface area (TPSA) is 301 Å². The number of aromatic nitrogens is 4. The van der Waals surface area contributed by atoms with Crippen LogP contribution in [0.1, 0.15) is 26.5 Å². The van der Waals surface area contributed by atoms with Crippen molar-refractivity contribution in [3.05, 3.63) is 171 Å². The highest BCUT2D eigenvalue weighted by Gasteiger charge is 2.43. The molecule has 7 aromatic rings. The van der Waals surface area contributed by atoms with E-state index in [9.17, 15) is 61.0 Å². The number of nitro benzene ring substituents is 2. The SMILES string of the molecule is CNc1ccc(Oc2ccnc(-c3nc(-c4ccccc4)c(C(F)(F)F)[nH]3)c2)cc1[N+](=O)[O-].CNc1ccc(Oc2ccnc(C=O)c2)cc1[N+](=O)[O-].N.O.O=C(C(=O)C(F)(F)F)c1ccccc1. The van der Waals surface area contributed by atoms with E-state index in [4.69, 9.17) is 9.47 Å². The molecule has 0 aliphatic heterocycles. The summed E-state index contributed by atoms with van der Waals surface area (Å²) in [5.41, 5.74) is -0.416. The molecule has 0 radical (unpaired) electrons. The predicted octanol–water partition coefficient (Wildman–Crippen LogP) is 9.87. The number of carbonyl (C=O) groups is 3. The number of anilines is 2. The first-order chi connectivity index (χ1) is 31.8. The lowest BCUT2D eigenvalue weighted by Gasteiger charge is -2.08. The second-order valence-corrected chi connectivity index (χ2v) is 13.2. The van der Waals surface area contributed by atoms with Crippen LogP contribution < -0.4 is 26.3 Å². The number of nitrogens with zero attached hydrogens (tertiary/aromatic N) is 5. The lowest BCUT2D eigenvalue weighted by molar-refractivity contribution is -0.384. The van der Waals surface area contributed by atoms with Crippen LogP contribution in [0.3, 0.4) is 0 Å². The third-order valence-electron chi connectivity index (χ3n) is 8.72. The van der Waals surface area contributed by atoms with Crippen LogP contribution in [0.15, 0.2) is 134 Å². The van der Waals surface area contributed by atoms with Gasteiger partial charge in [0, 0.05) is 49.7 Å². The average Bonchev–Trinajstić information content (AvgIpc) is 3.79. The molecule has 4 aromatic carbocycles. The number of H-pyrrole nitrogens is 1. The molecule has 0 saturated carbocycles. The van der Waals surface area contributed by atoms with Gasteiger partial charge in [-0.3, -0.25) is 44.6 Å². The summed E-state index contributed by atoms with van der Waals surface area (Å²) in [4.78, 5) is 67.5. The molecule has 25 heteroatoms. The van der Waals surface area contributed by atoms with E-state index in [1.54, 1.807) is 50.5 Å². The summed E-state index contributed by atoms with van der Waals surface area (Å²) >= 11 is 0. The van der Waals surface area contributed by atoms with Crippen molar-refractivity contribution in [1.82, 2.24) is 26.1 Å². The zero-order chi connectivity index (χ0) is 48.9. The Morgan fingerprint density at radius 3 is 1.62 bits per heavy atom. The van der Waals surface area contributed by atoms with E-state index in [0.29, 0.717) is 34.7 Å². The summed E-state index contributed by atoms with van der Waals surface area (Å²) in [6.07, 6.45) is -6.39. The maximum absolute atomic E-state index is 13.6. The average molecular weight is 966 g/mol. The Balaban J connectivity index is 0.000000299. The van der Waals surface area contributed by atoms with Crippen molar-refractivity contribution in [3.8, 4) is 45.8 Å². The van der Waals surface area contributed by atoms with E-state index in [-0.39, 0.29) is 63.0 Å². The molecule has 360 valence electrons. The summed E-state index contributed by atoms with van der Waals surface area (Å²) < 4.78 is 87.5. The standard InChI is InChI=1S/C22H16F3N5O3.C13H11N3O4.C9H5F3O2.H3N.H2O/c1-26-16-8-7-14(12-18(16)30(31)32)33-15-9-10-27-17(11-15)21-28-19(13-5-3-2-4-6-13)20(29-21)22(23,24)25;1-14-12-3-2-10(7-13(12)16(18)19)20-11-4-5-15-9(6-11)8-17;10-9(11,12)8(14)7(13)6-4-2-1-3-5-6;;/h2-12,26H,1H3,(H,28,29);2-8,14H,1H3;1-5H;1H3;1H2. The smallest absolute Gasteiger partial charge is 0.457 e. The number of alkyl halides is 6. The lowest BCUT2D eigenvalue weighted by Crippen LogP contribution is -2.30. The van der Waals surface area contributed by atoms with Crippen molar-refractivity contribution in [2.45, 2.75) is 12.4 Å². The van der Waals surface area contributed by atoms with Crippen LogP contribution in [0.2, 0.25) is 0 Å². The number of aldehydes is 1. The number of nitrogens with one attached hydrogen (secondary N) is 3. The van der Waals surface area contributed by atoms with Gasteiger partial charge in [0.15, 0.2) is 12.1 Å². The summed E-state index contributed by atoms with van der Waals surface area (Å²) in [5, 5.41) is 27.6. The van der Waals surface area contributed by atoms with Gasteiger partial charge in [0.1, 0.15) is 57.1 Å². The van der Waals surface area contributed by atoms with Gasteiger partial charge in [-0.1, -0.05) is 60.7 Å². The largest absolute Gasteiger partial charge is 0.458 e. The van der Waals surface area contributed by atoms with E-state index in [1.165, 1.54) is 85.2 Å². The number of pyridine rings is 2. The van der Waals surface area contributed by atoms with E-state index in [2.05, 4.69) is 30.6 Å². The van der Waals surface area contributed by atoms with Crippen LogP contribution >= 0.6 is 0 Å². The van der Waals surface area contributed by atoms with E-state index in [0.717, 1.165) is 12.1 Å². The molecule has 0 aliphatic carbocycles. The van der Waals surface area contributed by atoms with Gasteiger partial charge in [-0.05, 0) is 36.4 Å². The molecule has 0 bridgehead atoms. The number of halogens is 6. The first-order valence-corrected chi connectivity index (χ1v) is 18.9. The molecule has 0 fully saturated rings. The van der Waals surface area contributed by atoms with Crippen molar-refractivity contribution in [2.75, 3.05) is 24.7 Å². The Labute approximate surface area is 385 Å². The number of aromatic amines is 1. The Bertz CT molecular complexity index is 2900. The number of nitro groups is 2. The molecule has 3 aromatic heterocycles. The summed E-state index contributed by atoms with van der Waals surface area (Å²) in [5.74, 6) is -2.88. The fraction of sp³-hybridized carbons (Fsp3) is 0.0909. The molecule has 0 saturated heterocycles. The number of ketones is 2. The Morgan fingerprint density at radius 2 is 1.16 bits per heavy atom. The monoisotopic (exact) mass is 965 g/mol. The van der Waals surface area contributed by atoms with Crippen LogP contribution in [0.25, 0.3) is 22.8 Å². The van der Waals surface area contributed by atoms with Gasteiger partial charge >= 0.3 is 18.1 Å². The van der Waals surface area contributed by atoms with E-state index >= 15 is 0 Å². The summed E-state index contributed by atoms with van der Waals surface area (Å²) in [6.45, 7) is 0. The summed E-state index contributed by atoms with van der Waals surface area (Å²) in [6, 6.07) is 29.2. The van der Waals surface area contributed by atoms with Crippen molar-refractivity contribution in [1.29, 1.82) is 0 Å². The minimum atomic E-state index is -5.10. The first kappa shape index (κ1) is 54.2. The van der Waals surface area contributed by atoms with Gasteiger partial charge in [0.2, 0.25) is 5.78 Å². The number of hydrogen-bond acceptors (Lipinski definition) is 15. The van der Waals surface area contributed by atoms with Crippen LogP contribution in [-0.2, 0) is 11.0 Å². The zero-order valence-electron chi connectivity index (χ0n) is 35.7. The number of ether oxygens (including phenoxy) is 2. The van der Waals surface area contributed by atoms with Crippen LogP contribution in [0, 0.1) is 20.2 Å². The molecule has 7 rings (SSSR count). The fourth-order valence-corrected chi connectivity index (χ4v) is 5.66. The number of rotatable bonds is 13. The number of hydrogen-bond donors (Lipinski definition) is 4. The van der Waals surface area contributed by atoms with Gasteiger partial charge < -0.3 is 36.7 Å². The Morgan fingerprint density at radius 1 is 0.681 bits per heavy atom. The molecule has 3 heterocycles. The second-order valence-electron chi connectivity index (χ2n) is 13.2. The molecule has 19 nitrogen and oxygen atoms in total. The Hall–Kier alpha value is -9.10. The molecule has 69 heavy (non-hydrogen) atoms. The molecule has 0 unspecified atom stereocenters. The van der Waals surface area contributed by atoms with Crippen molar-refractivity contribution in [3.63, 3.8) is 0 Å². The highest BCUT2D eigenvalue weighted by atomic mass is 19.4. The molecule has 0 spiro atoms. The van der Waals surface area contributed by atoms with Crippen LogP contribution in [0.5, 0.6) is 23.0 Å². The van der Waals surface area contributed by atoms with Gasteiger partial charge in [-0.2, -0.15) is 26.3 Å². The molecule has 0 amide bonds. The van der Waals surface area contributed by atoms with Crippen molar-refractivity contribution in [2.24, 2.45) is 0 Å². The van der Waals surface area contributed by atoms with E-state index in [1.807, 2.05) is 0 Å². The number of Topliss-reactive ketones (excluding diaryl/α,β-unsaturated/α-hetero) is 2. The highest BCUT2D eigenvalue weighted by molar-refractivity contribution is 6.45. The minimum absolute atomic E-state index is 0. The first-order valence-electron chi connectivity index (χ1n) is 18.9. The van der Waals surface area contributed by atoms with Crippen LogP contribution in [0.4, 0.5) is 49.1 Å². The minimum Gasteiger partial charge on any atom is -0.457 e. The van der Waals surface area contributed by atoms with E-state index < -0.39 is 39.5 Å². The highest BCUT2D eigenvalue weighted by Crippen LogP contribution is 2.38. The fourth-order valence-electron chi connectivity index (χ4n) is 5.66. The van der Waals surface area contributed by atoms with Gasteiger partial charge in [0.25, 0.3) is 11.4 Å². The third kappa shape index (κ3) is 14.4. The lowest BCUT2D eigenvalue weighted by atomic mass is 10.1. The van der Waals surface area contributed by atoms with Gasteiger partial charge in [-0.25, -0.2) is 4.98 Å². The molecule has 0 atom stereocenters. The summed E-state index contributed by atoms with van der Waals surface area (Å²) in [7, 11) is 3.16. The third-order valence-corrected chi connectivity index (χ3v) is 8.72. The number of benzene rings is 4.